The molecule has 3 aromatic rings. The summed E-state index contributed by atoms with van der Waals surface area (Å²) in [5, 5.41) is 3.46. The van der Waals surface area contributed by atoms with Crippen LogP contribution < -0.4 is 14.4 Å². The molecule has 0 saturated carbocycles. The van der Waals surface area contributed by atoms with Crippen molar-refractivity contribution < 1.29 is 22.7 Å². The van der Waals surface area contributed by atoms with E-state index in [1.807, 2.05) is 61.5 Å². The van der Waals surface area contributed by atoms with Crippen molar-refractivity contribution in [2.24, 2.45) is 0 Å². The van der Waals surface area contributed by atoms with E-state index >= 15 is 0 Å². The van der Waals surface area contributed by atoms with Gasteiger partial charge < -0.3 is 15.0 Å². The van der Waals surface area contributed by atoms with E-state index in [-0.39, 0.29) is 37.7 Å². The van der Waals surface area contributed by atoms with E-state index in [1.54, 1.807) is 36.3 Å². The van der Waals surface area contributed by atoms with Gasteiger partial charge in [-0.2, -0.15) is 0 Å². The number of rotatable bonds is 15. The molecular weight excluding hydrogens is 562 g/mol. The molecule has 0 saturated heterocycles. The lowest BCUT2D eigenvalue weighted by molar-refractivity contribution is -0.141. The van der Waals surface area contributed by atoms with Crippen LogP contribution in [0.25, 0.3) is 0 Å². The summed E-state index contributed by atoms with van der Waals surface area (Å²) in [6.07, 6.45) is 2.55. The van der Waals surface area contributed by atoms with Crippen molar-refractivity contribution in [1.29, 1.82) is 0 Å². The van der Waals surface area contributed by atoms with Gasteiger partial charge in [-0.3, -0.25) is 13.9 Å². The van der Waals surface area contributed by atoms with Crippen LogP contribution >= 0.6 is 11.6 Å². The number of anilines is 1. The fourth-order valence-corrected chi connectivity index (χ4v) is 5.59. The van der Waals surface area contributed by atoms with Crippen molar-refractivity contribution in [3.63, 3.8) is 0 Å². The van der Waals surface area contributed by atoms with Gasteiger partial charge in [0.05, 0.1) is 19.1 Å². The molecule has 0 aliphatic heterocycles. The number of nitrogens with zero attached hydrogens (tertiary/aromatic N) is 2. The molecule has 0 unspecified atom stereocenters. The predicted octanol–water partition coefficient (Wildman–Crippen LogP) is 5.06. The molecule has 0 aliphatic carbocycles. The number of ether oxygens (including phenoxy) is 1. The van der Waals surface area contributed by atoms with E-state index in [4.69, 9.17) is 16.3 Å². The van der Waals surface area contributed by atoms with E-state index in [1.165, 1.54) is 4.31 Å². The number of halogens is 1. The normalized spacial score (nSPS) is 11.9. The maximum Gasteiger partial charge on any atom is 0.243 e. The van der Waals surface area contributed by atoms with E-state index in [2.05, 4.69) is 5.32 Å². The van der Waals surface area contributed by atoms with Gasteiger partial charge in [-0.15, -0.1) is 0 Å². The van der Waals surface area contributed by atoms with Crippen LogP contribution in [0.4, 0.5) is 5.69 Å². The molecule has 220 valence electrons. The van der Waals surface area contributed by atoms with Crippen LogP contribution in [0.15, 0.2) is 78.9 Å². The Hall–Kier alpha value is -3.56. The molecule has 10 heteroatoms. The van der Waals surface area contributed by atoms with Gasteiger partial charge >= 0.3 is 0 Å². The lowest BCUT2D eigenvalue weighted by atomic mass is 10.0. The minimum absolute atomic E-state index is 0.0515. The van der Waals surface area contributed by atoms with Crippen molar-refractivity contribution in [2.45, 2.75) is 45.2 Å². The maximum atomic E-state index is 13.9. The Morgan fingerprint density at radius 3 is 2.29 bits per heavy atom. The van der Waals surface area contributed by atoms with Crippen molar-refractivity contribution in [1.82, 2.24) is 10.2 Å². The summed E-state index contributed by atoms with van der Waals surface area (Å²) < 4.78 is 31.8. The number of nitrogens with one attached hydrogen (secondary N) is 1. The molecule has 1 N–H and O–H groups in total. The van der Waals surface area contributed by atoms with Gasteiger partial charge in [0.15, 0.2) is 0 Å². The summed E-state index contributed by atoms with van der Waals surface area (Å²) in [6, 6.07) is 22.7. The molecule has 41 heavy (non-hydrogen) atoms. The first-order valence-electron chi connectivity index (χ1n) is 13.6. The van der Waals surface area contributed by atoms with Crippen LogP contribution in [-0.4, -0.2) is 57.6 Å². The molecule has 0 bridgehead atoms. The first-order chi connectivity index (χ1) is 19.6. The molecule has 1 atom stereocenters. The Bertz CT molecular complexity index is 1380. The van der Waals surface area contributed by atoms with Crippen LogP contribution in [0.3, 0.4) is 0 Å². The molecule has 3 rings (SSSR count). The number of benzene rings is 3. The Morgan fingerprint density at radius 1 is 0.976 bits per heavy atom. The summed E-state index contributed by atoms with van der Waals surface area (Å²) in [5.41, 5.74) is 2.22. The minimum atomic E-state index is -3.60. The quantitative estimate of drug-likeness (QED) is 0.263. The summed E-state index contributed by atoms with van der Waals surface area (Å²) in [4.78, 5) is 28.9. The smallest absolute Gasteiger partial charge is 0.243 e. The van der Waals surface area contributed by atoms with E-state index < -0.39 is 16.1 Å². The van der Waals surface area contributed by atoms with Crippen molar-refractivity contribution in [3.8, 4) is 5.75 Å². The lowest BCUT2D eigenvalue weighted by Crippen LogP contribution is -2.50. The number of hydrogen-bond donors (Lipinski definition) is 1. The van der Waals surface area contributed by atoms with Crippen LogP contribution in [-0.2, 0) is 32.6 Å². The van der Waals surface area contributed by atoms with Gasteiger partial charge in [-0.25, -0.2) is 8.42 Å². The summed E-state index contributed by atoms with van der Waals surface area (Å²) in [5.74, 6) is 0.174. The third-order valence-corrected chi connectivity index (χ3v) is 8.02. The van der Waals surface area contributed by atoms with Crippen LogP contribution in [0.1, 0.15) is 37.3 Å². The predicted molar refractivity (Wildman–Crippen MR) is 164 cm³/mol. The SMILES string of the molecule is CCCNC(=O)[C@H](Cc1ccccc1)N(Cc1cccc(OC)c1)C(=O)CCCN(c1ccc(Cl)cc1)S(C)(=O)=O. The molecule has 0 heterocycles. The number of hydrogen-bond acceptors (Lipinski definition) is 5. The zero-order valence-corrected chi connectivity index (χ0v) is 25.3. The third kappa shape index (κ3) is 9.79. The first-order valence-corrected chi connectivity index (χ1v) is 15.8. The second-order valence-electron chi connectivity index (χ2n) is 9.78. The van der Waals surface area contributed by atoms with Crippen LogP contribution in [0, 0.1) is 0 Å². The molecule has 3 aromatic carbocycles. The third-order valence-electron chi connectivity index (χ3n) is 6.57. The zero-order chi connectivity index (χ0) is 29.8. The zero-order valence-electron chi connectivity index (χ0n) is 23.8. The maximum absolute atomic E-state index is 13.9. The standard InChI is InChI=1S/C31H38ClN3O5S/c1-4-19-33-31(37)29(22-24-10-6-5-7-11-24)34(23-25-12-8-13-28(21-25)40-2)30(36)14-9-20-35(41(3,38)39)27-17-15-26(32)16-18-27/h5-8,10-13,15-18,21,29H,4,9,14,19-20,22-23H2,1-3H3,(H,33,37)/t29-/m0/s1. The highest BCUT2D eigenvalue weighted by Crippen LogP contribution is 2.23. The van der Waals surface area contributed by atoms with Gasteiger partial charge in [0.25, 0.3) is 0 Å². The van der Waals surface area contributed by atoms with Gasteiger partial charge in [-0.1, -0.05) is 61.0 Å². The fraction of sp³-hybridized carbons (Fsp3) is 0.355. The summed E-state index contributed by atoms with van der Waals surface area (Å²) in [6.45, 7) is 2.76. The molecule has 2 amide bonds. The molecule has 0 radical (unpaired) electrons. The molecule has 0 aliphatic rings. The molecule has 8 nitrogen and oxygen atoms in total. The van der Waals surface area contributed by atoms with E-state index in [0.717, 1.165) is 23.8 Å². The Balaban J connectivity index is 1.88. The number of carbonyl (C=O) groups is 2. The highest BCUT2D eigenvalue weighted by Gasteiger charge is 2.30. The van der Waals surface area contributed by atoms with Gasteiger partial charge in [0, 0.05) is 37.5 Å². The Labute approximate surface area is 248 Å². The molecular formula is C31H38ClN3O5S. The van der Waals surface area contributed by atoms with E-state index in [0.29, 0.717) is 29.4 Å². The number of carbonyl (C=O) groups excluding carboxylic acids is 2. The van der Waals surface area contributed by atoms with Crippen LogP contribution in [0.2, 0.25) is 5.02 Å². The van der Waals surface area contributed by atoms with Gasteiger partial charge in [-0.05, 0) is 60.4 Å². The minimum Gasteiger partial charge on any atom is -0.497 e. The largest absolute Gasteiger partial charge is 0.497 e. The summed E-state index contributed by atoms with van der Waals surface area (Å²) in [7, 11) is -2.02. The molecule has 0 spiro atoms. The van der Waals surface area contributed by atoms with Gasteiger partial charge in [0.2, 0.25) is 21.8 Å². The highest BCUT2D eigenvalue weighted by atomic mass is 35.5. The Kier molecular flexibility index (Phi) is 12.0. The fourth-order valence-electron chi connectivity index (χ4n) is 4.50. The number of sulfonamides is 1. The van der Waals surface area contributed by atoms with Crippen LogP contribution in [0.5, 0.6) is 5.75 Å². The van der Waals surface area contributed by atoms with Gasteiger partial charge in [0.1, 0.15) is 11.8 Å². The van der Waals surface area contributed by atoms with Crippen molar-refractivity contribution >= 4 is 39.1 Å². The van der Waals surface area contributed by atoms with E-state index in [9.17, 15) is 18.0 Å². The monoisotopic (exact) mass is 599 g/mol. The second-order valence-corrected chi connectivity index (χ2v) is 12.1. The second kappa shape index (κ2) is 15.4. The molecule has 0 aromatic heterocycles. The van der Waals surface area contributed by atoms with Crippen molar-refractivity contribution in [2.75, 3.05) is 30.8 Å². The number of amides is 2. The topological polar surface area (TPSA) is 96.0 Å². The van der Waals surface area contributed by atoms with Crippen molar-refractivity contribution in [3.05, 3.63) is 95.0 Å². The Morgan fingerprint density at radius 2 is 1.66 bits per heavy atom. The first kappa shape index (κ1) is 32.0. The average Bonchev–Trinajstić information content (AvgIpc) is 2.96. The lowest BCUT2D eigenvalue weighted by Gasteiger charge is -2.32. The number of methoxy groups -OCH3 is 1. The molecule has 0 fully saturated rings. The summed E-state index contributed by atoms with van der Waals surface area (Å²) >= 11 is 5.98. The average molecular weight is 600 g/mol. The highest BCUT2D eigenvalue weighted by molar-refractivity contribution is 7.92.